The number of hydrogen-bond acceptors (Lipinski definition) is 4. The Hall–Kier alpha value is -2.34. The largest absolute Gasteiger partial charge is 0.507 e. The lowest BCUT2D eigenvalue weighted by Crippen LogP contribution is -1.99. The number of aromatic nitrogens is 2. The average molecular weight is 345 g/mol. The van der Waals surface area contributed by atoms with Crippen molar-refractivity contribution in [2.24, 2.45) is 5.10 Å². The summed E-state index contributed by atoms with van der Waals surface area (Å²) < 4.78 is 2.58. The zero-order chi connectivity index (χ0) is 14.8. The first-order valence-electron chi connectivity index (χ1n) is 6.37. The fraction of sp³-hybridized carbons (Fsp3) is 0.0667. The van der Waals surface area contributed by atoms with E-state index in [9.17, 15) is 5.11 Å². The number of nitrogens with zero attached hydrogens (tertiary/aromatic N) is 3. The van der Waals surface area contributed by atoms with E-state index in [0.29, 0.717) is 11.5 Å². The molecule has 0 fully saturated rings. The number of aromatic hydroxyl groups is 1. The maximum Gasteiger partial charge on any atom is 0.224 e. The quantitative estimate of drug-likeness (QED) is 0.715. The summed E-state index contributed by atoms with van der Waals surface area (Å²) >= 11 is 3.38. The number of fused-ring (bicyclic) bond motifs is 1. The van der Waals surface area contributed by atoms with Crippen LogP contribution in [0.15, 0.2) is 52.0 Å². The van der Waals surface area contributed by atoms with Crippen LogP contribution in [0, 0.1) is 0 Å². The van der Waals surface area contributed by atoms with Gasteiger partial charge in [-0.3, -0.25) is 0 Å². The Morgan fingerprint density at radius 3 is 2.90 bits per heavy atom. The molecule has 2 aromatic carbocycles. The monoisotopic (exact) mass is 344 g/mol. The highest BCUT2D eigenvalue weighted by atomic mass is 79.9. The number of hydrogen-bond donors (Lipinski definition) is 2. The average Bonchev–Trinajstić information content (AvgIpc) is 2.86. The molecule has 5 nitrogen and oxygen atoms in total. The fourth-order valence-corrected chi connectivity index (χ4v) is 2.42. The number of nitrogens with one attached hydrogen (secondary N) is 1. The molecule has 0 bridgehead atoms. The second kappa shape index (κ2) is 5.57. The highest BCUT2D eigenvalue weighted by Gasteiger charge is 2.07. The number of phenolic OH excluding ortho intramolecular Hbond substituents is 1. The number of benzene rings is 2. The van der Waals surface area contributed by atoms with Crippen molar-refractivity contribution in [1.82, 2.24) is 9.66 Å². The van der Waals surface area contributed by atoms with Crippen molar-refractivity contribution in [2.75, 3.05) is 12.4 Å². The molecular formula is C15H13BrN4O. The third kappa shape index (κ3) is 2.62. The smallest absolute Gasteiger partial charge is 0.224 e. The lowest BCUT2D eigenvalue weighted by atomic mass is 10.2. The summed E-state index contributed by atoms with van der Waals surface area (Å²) in [5, 5.41) is 17.3. The normalized spacial score (nSPS) is 11.3. The lowest BCUT2D eigenvalue weighted by molar-refractivity contribution is 0.474. The summed E-state index contributed by atoms with van der Waals surface area (Å²) in [6.07, 6.45) is 1.61. The summed E-state index contributed by atoms with van der Waals surface area (Å²) in [7, 11) is 1.80. The Bertz CT molecular complexity index is 826. The summed E-state index contributed by atoms with van der Waals surface area (Å²) in [6.45, 7) is 0. The van der Waals surface area contributed by atoms with E-state index in [-0.39, 0.29) is 5.75 Å². The molecule has 0 aliphatic heterocycles. The predicted molar refractivity (Wildman–Crippen MR) is 88.1 cm³/mol. The molecule has 0 saturated heterocycles. The van der Waals surface area contributed by atoms with Crippen LogP contribution < -0.4 is 5.32 Å². The summed E-state index contributed by atoms with van der Waals surface area (Å²) in [4.78, 5) is 4.45. The molecule has 3 rings (SSSR count). The summed E-state index contributed by atoms with van der Waals surface area (Å²) in [5.41, 5.74) is 2.38. The second-order valence-corrected chi connectivity index (χ2v) is 5.35. The zero-order valence-electron chi connectivity index (χ0n) is 11.3. The van der Waals surface area contributed by atoms with Gasteiger partial charge in [-0.15, -0.1) is 0 Å². The predicted octanol–water partition coefficient (Wildman–Crippen LogP) is 3.43. The Morgan fingerprint density at radius 2 is 2.10 bits per heavy atom. The van der Waals surface area contributed by atoms with Gasteiger partial charge in [0.1, 0.15) is 5.75 Å². The van der Waals surface area contributed by atoms with Gasteiger partial charge >= 0.3 is 0 Å². The first-order chi connectivity index (χ1) is 10.2. The van der Waals surface area contributed by atoms with Gasteiger partial charge in [0.05, 0.1) is 17.2 Å². The zero-order valence-corrected chi connectivity index (χ0v) is 12.9. The number of halogens is 1. The maximum absolute atomic E-state index is 9.85. The van der Waals surface area contributed by atoms with Crippen molar-refractivity contribution in [3.63, 3.8) is 0 Å². The van der Waals surface area contributed by atoms with Crippen molar-refractivity contribution in [1.29, 1.82) is 0 Å². The molecule has 1 heterocycles. The van der Waals surface area contributed by atoms with E-state index in [4.69, 9.17) is 0 Å². The Kier molecular flexibility index (Phi) is 3.62. The van der Waals surface area contributed by atoms with Gasteiger partial charge in [0.15, 0.2) is 0 Å². The molecule has 0 amide bonds. The highest BCUT2D eigenvalue weighted by molar-refractivity contribution is 9.10. The van der Waals surface area contributed by atoms with Gasteiger partial charge in [0.2, 0.25) is 5.95 Å². The van der Waals surface area contributed by atoms with E-state index in [2.05, 4.69) is 31.3 Å². The van der Waals surface area contributed by atoms with Crippen molar-refractivity contribution in [3.8, 4) is 5.75 Å². The van der Waals surface area contributed by atoms with Crippen molar-refractivity contribution in [3.05, 3.63) is 52.5 Å². The molecular weight excluding hydrogens is 332 g/mol. The molecule has 0 aliphatic rings. The van der Waals surface area contributed by atoms with Crippen molar-refractivity contribution < 1.29 is 5.11 Å². The van der Waals surface area contributed by atoms with Gasteiger partial charge in [-0.1, -0.05) is 28.1 Å². The van der Waals surface area contributed by atoms with Crippen LogP contribution in [0.2, 0.25) is 0 Å². The molecule has 3 aromatic rings. The van der Waals surface area contributed by atoms with Gasteiger partial charge < -0.3 is 10.4 Å². The molecule has 0 unspecified atom stereocenters. The third-order valence-corrected chi connectivity index (χ3v) is 3.56. The molecule has 1 aromatic heterocycles. The van der Waals surface area contributed by atoms with Gasteiger partial charge in [-0.25, -0.2) is 4.98 Å². The minimum atomic E-state index is 0.178. The molecule has 2 N–H and O–H groups in total. The molecule has 21 heavy (non-hydrogen) atoms. The number of anilines is 1. The summed E-state index contributed by atoms with van der Waals surface area (Å²) in [6, 6.07) is 12.9. The molecule has 0 aliphatic carbocycles. The van der Waals surface area contributed by atoms with Crippen LogP contribution in [-0.2, 0) is 0 Å². The minimum absolute atomic E-state index is 0.178. The van der Waals surface area contributed by atoms with Crippen molar-refractivity contribution >= 4 is 39.1 Å². The maximum atomic E-state index is 9.85. The van der Waals surface area contributed by atoms with Crippen LogP contribution >= 0.6 is 15.9 Å². The first kappa shape index (κ1) is 13.6. The van der Waals surface area contributed by atoms with Crippen LogP contribution in [-0.4, -0.2) is 28.0 Å². The van der Waals surface area contributed by atoms with Crippen LogP contribution in [0.1, 0.15) is 5.56 Å². The fourth-order valence-electron chi connectivity index (χ4n) is 2.04. The van der Waals surface area contributed by atoms with Gasteiger partial charge in [0, 0.05) is 17.1 Å². The Balaban J connectivity index is 2.08. The van der Waals surface area contributed by atoms with E-state index >= 15 is 0 Å². The first-order valence-corrected chi connectivity index (χ1v) is 7.16. The minimum Gasteiger partial charge on any atom is -0.507 e. The second-order valence-electron chi connectivity index (χ2n) is 4.43. The third-order valence-electron chi connectivity index (χ3n) is 3.06. The molecule has 6 heteroatoms. The molecule has 106 valence electrons. The summed E-state index contributed by atoms with van der Waals surface area (Å²) in [5.74, 6) is 0.819. The number of rotatable bonds is 3. The topological polar surface area (TPSA) is 62.4 Å². The van der Waals surface area contributed by atoms with E-state index in [1.807, 2.05) is 24.3 Å². The Labute approximate surface area is 130 Å². The number of phenols is 1. The van der Waals surface area contributed by atoms with Gasteiger partial charge in [0.25, 0.3) is 0 Å². The van der Waals surface area contributed by atoms with Crippen LogP contribution in [0.3, 0.4) is 0 Å². The van der Waals surface area contributed by atoms with E-state index < -0.39 is 0 Å². The lowest BCUT2D eigenvalue weighted by Gasteiger charge is -2.02. The van der Waals surface area contributed by atoms with E-state index in [0.717, 1.165) is 15.5 Å². The molecule has 0 radical (unpaired) electrons. The Morgan fingerprint density at radius 1 is 1.29 bits per heavy atom. The van der Waals surface area contributed by atoms with Gasteiger partial charge in [-0.05, 0) is 30.3 Å². The molecule has 0 saturated carbocycles. The van der Waals surface area contributed by atoms with E-state index in [1.54, 1.807) is 36.1 Å². The number of para-hydroxylation sites is 2. The molecule has 0 atom stereocenters. The molecule has 0 spiro atoms. The SMILES string of the molecule is CNc1nc2ccccc2n1N=Cc1cc(Br)ccc1O. The number of imidazole rings is 1. The van der Waals surface area contributed by atoms with E-state index in [1.165, 1.54) is 0 Å². The van der Waals surface area contributed by atoms with Crippen LogP contribution in [0.4, 0.5) is 5.95 Å². The van der Waals surface area contributed by atoms with Gasteiger partial charge in [-0.2, -0.15) is 9.78 Å². The van der Waals surface area contributed by atoms with Crippen LogP contribution in [0.5, 0.6) is 5.75 Å². The van der Waals surface area contributed by atoms with Crippen molar-refractivity contribution in [2.45, 2.75) is 0 Å². The van der Waals surface area contributed by atoms with Crippen LogP contribution in [0.25, 0.3) is 11.0 Å². The highest BCUT2D eigenvalue weighted by Crippen LogP contribution is 2.22. The standard InChI is InChI=1S/C15H13BrN4O/c1-17-15-19-12-4-2-3-5-13(12)20(15)18-9-10-8-11(16)6-7-14(10)21/h2-9,21H,1H3,(H,17,19).